The van der Waals surface area contributed by atoms with Crippen LogP contribution in [0.1, 0.15) is 25.3 Å². The molecule has 3 heteroatoms. The largest absolute Gasteiger partial charge is 0.372 e. The first-order valence-electron chi connectivity index (χ1n) is 7.76. The van der Waals surface area contributed by atoms with Gasteiger partial charge in [-0.2, -0.15) is 0 Å². The zero-order valence-corrected chi connectivity index (χ0v) is 12.4. The van der Waals surface area contributed by atoms with Crippen molar-refractivity contribution in [1.29, 1.82) is 0 Å². The van der Waals surface area contributed by atoms with Crippen LogP contribution >= 0.6 is 0 Å². The highest BCUT2D eigenvalue weighted by molar-refractivity contribution is 5.84. The van der Waals surface area contributed by atoms with E-state index in [1.165, 1.54) is 48.9 Å². The molecule has 1 aromatic carbocycles. The van der Waals surface area contributed by atoms with E-state index in [0.717, 1.165) is 0 Å². The molecule has 1 saturated heterocycles. The van der Waals surface area contributed by atoms with Gasteiger partial charge in [0.05, 0.1) is 6.04 Å². The van der Waals surface area contributed by atoms with Gasteiger partial charge in [0, 0.05) is 41.9 Å². The van der Waals surface area contributed by atoms with Crippen LogP contribution in [0.3, 0.4) is 0 Å². The van der Waals surface area contributed by atoms with E-state index in [9.17, 15) is 0 Å². The van der Waals surface area contributed by atoms with E-state index in [1.807, 2.05) is 0 Å². The number of aromatic nitrogens is 1. The molecule has 1 aromatic heterocycles. The van der Waals surface area contributed by atoms with Crippen LogP contribution in [0.4, 0.5) is 5.69 Å². The third-order valence-electron chi connectivity index (χ3n) is 4.92. The van der Waals surface area contributed by atoms with Crippen molar-refractivity contribution in [3.05, 3.63) is 30.5 Å². The van der Waals surface area contributed by atoms with Gasteiger partial charge in [-0.3, -0.25) is 0 Å². The zero-order valence-electron chi connectivity index (χ0n) is 12.4. The van der Waals surface area contributed by atoms with Crippen molar-refractivity contribution >= 4 is 16.6 Å². The maximum Gasteiger partial charge on any atom is 0.0508 e. The van der Waals surface area contributed by atoms with Crippen LogP contribution in [-0.4, -0.2) is 42.7 Å². The van der Waals surface area contributed by atoms with Gasteiger partial charge < -0.3 is 14.4 Å². The molecule has 1 aliphatic heterocycles. The molecule has 0 spiro atoms. The summed E-state index contributed by atoms with van der Waals surface area (Å²) < 4.78 is 2.47. The molecular weight excluding hydrogens is 246 g/mol. The third kappa shape index (κ3) is 1.92. The predicted molar refractivity (Wildman–Crippen MR) is 84.5 cm³/mol. The van der Waals surface area contributed by atoms with Crippen molar-refractivity contribution in [2.75, 3.05) is 32.1 Å². The zero-order chi connectivity index (χ0) is 13.7. The Kier molecular flexibility index (Phi) is 2.77. The molecule has 1 saturated carbocycles. The summed E-state index contributed by atoms with van der Waals surface area (Å²) in [6.45, 7) is 2.44. The maximum absolute atomic E-state index is 2.51. The average molecular weight is 269 g/mol. The molecule has 0 N–H and O–H groups in total. The molecule has 2 unspecified atom stereocenters. The van der Waals surface area contributed by atoms with E-state index in [4.69, 9.17) is 0 Å². The minimum Gasteiger partial charge on any atom is -0.372 e. The topological polar surface area (TPSA) is 11.4 Å². The summed E-state index contributed by atoms with van der Waals surface area (Å²) in [7, 11) is 4.36. The Morgan fingerprint density at radius 1 is 1.10 bits per heavy atom. The molecule has 0 amide bonds. The minimum atomic E-state index is 0.667. The average Bonchev–Trinajstić information content (AvgIpc) is 2.89. The maximum atomic E-state index is 2.51. The standard InChI is InChI=1S/C17H23N3/c1-18(2)16-12-17(16)20-10-7-13-11-14(5-6-15(13)20)19-8-3-4-9-19/h5-7,10-11,16-17H,3-4,8-9,12H2,1-2H3. The summed E-state index contributed by atoms with van der Waals surface area (Å²) in [5.41, 5.74) is 2.79. The number of fused-ring (bicyclic) bond motifs is 1. The van der Waals surface area contributed by atoms with Crippen molar-refractivity contribution in [1.82, 2.24) is 9.47 Å². The highest BCUT2D eigenvalue weighted by Crippen LogP contribution is 2.41. The number of likely N-dealkylation sites (N-methyl/N-ethyl adjacent to an activating group) is 1. The van der Waals surface area contributed by atoms with Crippen LogP contribution in [0.2, 0.25) is 0 Å². The fourth-order valence-corrected chi connectivity index (χ4v) is 3.64. The molecule has 2 heterocycles. The first kappa shape index (κ1) is 12.3. The molecule has 0 bridgehead atoms. The van der Waals surface area contributed by atoms with Crippen LogP contribution in [0.15, 0.2) is 30.5 Å². The Hall–Kier alpha value is -1.48. The summed E-state index contributed by atoms with van der Waals surface area (Å²) >= 11 is 0. The molecule has 2 aromatic rings. The van der Waals surface area contributed by atoms with Crippen molar-refractivity contribution in [3.63, 3.8) is 0 Å². The minimum absolute atomic E-state index is 0.667. The lowest BCUT2D eigenvalue weighted by Gasteiger charge is -2.18. The number of nitrogens with zero attached hydrogens (tertiary/aromatic N) is 3. The lowest BCUT2D eigenvalue weighted by atomic mass is 10.2. The third-order valence-corrected chi connectivity index (χ3v) is 4.92. The number of rotatable bonds is 3. The van der Waals surface area contributed by atoms with Gasteiger partial charge >= 0.3 is 0 Å². The van der Waals surface area contributed by atoms with Crippen molar-refractivity contribution < 1.29 is 0 Å². The van der Waals surface area contributed by atoms with Gasteiger partial charge in [0.1, 0.15) is 0 Å². The summed E-state index contributed by atoms with van der Waals surface area (Å²) in [5, 5.41) is 1.39. The second-order valence-corrected chi connectivity index (χ2v) is 6.49. The smallest absolute Gasteiger partial charge is 0.0508 e. The van der Waals surface area contributed by atoms with Gasteiger partial charge in [-0.1, -0.05) is 0 Å². The predicted octanol–water partition coefficient (Wildman–Crippen LogP) is 3.12. The van der Waals surface area contributed by atoms with Gasteiger partial charge in [0.2, 0.25) is 0 Å². The molecule has 106 valence electrons. The number of anilines is 1. The van der Waals surface area contributed by atoms with Crippen LogP contribution in [-0.2, 0) is 0 Å². The Balaban J connectivity index is 1.65. The summed E-state index contributed by atoms with van der Waals surface area (Å²) in [4.78, 5) is 4.85. The lowest BCUT2D eigenvalue weighted by Crippen LogP contribution is -2.17. The summed E-state index contributed by atoms with van der Waals surface area (Å²) in [5.74, 6) is 0. The van der Waals surface area contributed by atoms with E-state index in [0.29, 0.717) is 12.1 Å². The summed E-state index contributed by atoms with van der Waals surface area (Å²) in [6.07, 6.45) is 6.23. The first-order valence-corrected chi connectivity index (χ1v) is 7.76. The van der Waals surface area contributed by atoms with Crippen molar-refractivity contribution in [2.24, 2.45) is 0 Å². The Morgan fingerprint density at radius 2 is 1.90 bits per heavy atom. The van der Waals surface area contributed by atoms with E-state index in [2.05, 4.69) is 58.9 Å². The molecule has 0 radical (unpaired) electrons. The van der Waals surface area contributed by atoms with E-state index < -0.39 is 0 Å². The van der Waals surface area contributed by atoms with Crippen LogP contribution in [0.5, 0.6) is 0 Å². The monoisotopic (exact) mass is 269 g/mol. The van der Waals surface area contributed by atoms with Gasteiger partial charge in [-0.15, -0.1) is 0 Å². The fourth-order valence-electron chi connectivity index (χ4n) is 3.64. The van der Waals surface area contributed by atoms with Gasteiger partial charge in [-0.25, -0.2) is 0 Å². The highest BCUT2D eigenvalue weighted by atomic mass is 15.2. The molecular formula is C17H23N3. The first-order chi connectivity index (χ1) is 9.74. The van der Waals surface area contributed by atoms with Gasteiger partial charge in [0.15, 0.2) is 0 Å². The van der Waals surface area contributed by atoms with Crippen molar-refractivity contribution in [3.8, 4) is 0 Å². The number of hydrogen-bond donors (Lipinski definition) is 0. The van der Waals surface area contributed by atoms with E-state index in [-0.39, 0.29) is 0 Å². The fraction of sp³-hybridized carbons (Fsp3) is 0.529. The molecule has 4 rings (SSSR count). The molecule has 2 fully saturated rings. The lowest BCUT2D eigenvalue weighted by molar-refractivity contribution is 0.377. The van der Waals surface area contributed by atoms with Crippen LogP contribution in [0.25, 0.3) is 10.9 Å². The normalized spacial score (nSPS) is 25.9. The SMILES string of the molecule is CN(C)C1CC1n1ccc2cc(N3CCCC3)ccc21. The van der Waals surface area contributed by atoms with E-state index >= 15 is 0 Å². The molecule has 1 aliphatic carbocycles. The Labute approximate surface area is 120 Å². The molecule has 2 aliphatic rings. The number of hydrogen-bond acceptors (Lipinski definition) is 2. The molecule has 3 nitrogen and oxygen atoms in total. The molecule has 20 heavy (non-hydrogen) atoms. The Morgan fingerprint density at radius 3 is 2.60 bits per heavy atom. The quantitative estimate of drug-likeness (QED) is 0.848. The van der Waals surface area contributed by atoms with Crippen LogP contribution < -0.4 is 4.90 Å². The summed E-state index contributed by atoms with van der Waals surface area (Å²) in [6, 6.07) is 10.6. The van der Waals surface area contributed by atoms with Crippen LogP contribution in [0, 0.1) is 0 Å². The molecule has 2 atom stereocenters. The Bertz CT molecular complexity index is 622. The highest BCUT2D eigenvalue weighted by Gasteiger charge is 2.40. The van der Waals surface area contributed by atoms with Gasteiger partial charge in [0.25, 0.3) is 0 Å². The second kappa shape index (κ2) is 4.52. The van der Waals surface area contributed by atoms with E-state index in [1.54, 1.807) is 0 Å². The van der Waals surface area contributed by atoms with Crippen molar-refractivity contribution in [2.45, 2.75) is 31.3 Å². The van der Waals surface area contributed by atoms with Gasteiger partial charge in [-0.05, 0) is 57.6 Å². The number of benzene rings is 1. The second-order valence-electron chi connectivity index (χ2n) is 6.49.